The molecule has 1 fully saturated rings. The van der Waals surface area contributed by atoms with Gasteiger partial charge in [-0.3, -0.25) is 9.78 Å². The molecule has 0 radical (unpaired) electrons. The van der Waals surface area contributed by atoms with Crippen molar-refractivity contribution in [3.05, 3.63) is 101 Å². The molecule has 1 amide bonds. The second kappa shape index (κ2) is 9.39. The number of pyridine rings is 1. The van der Waals surface area contributed by atoms with Crippen LogP contribution < -0.4 is 0 Å². The molecule has 0 N–H and O–H groups in total. The first kappa shape index (κ1) is 20.5. The number of hydrogen-bond acceptors (Lipinski definition) is 3. The quantitative estimate of drug-likeness (QED) is 0.487. The van der Waals surface area contributed by atoms with E-state index in [-0.39, 0.29) is 34.6 Å². The van der Waals surface area contributed by atoms with Crippen LogP contribution in [0.1, 0.15) is 34.8 Å². The lowest BCUT2D eigenvalue weighted by atomic mass is 10.0. The molecule has 0 spiro atoms. The molecule has 1 aliphatic rings. The summed E-state index contributed by atoms with van der Waals surface area (Å²) in [7, 11) is 0. The number of aromatic nitrogens is 1. The number of halogens is 2. The highest BCUT2D eigenvalue weighted by molar-refractivity contribution is 8.00. The monoisotopic (exact) mass is 424 g/mol. The Hall–Kier alpha value is -2.73. The molecular formula is C24H22F2N2OS. The Morgan fingerprint density at radius 3 is 2.10 bits per heavy atom. The van der Waals surface area contributed by atoms with Crippen molar-refractivity contribution in [2.45, 2.75) is 30.7 Å². The Balaban J connectivity index is 1.50. The van der Waals surface area contributed by atoms with Gasteiger partial charge in [0, 0.05) is 25.0 Å². The number of benzene rings is 2. The topological polar surface area (TPSA) is 33.2 Å². The number of carbonyl (C=O) groups is 1. The number of nitrogens with zero attached hydrogens (tertiary/aromatic N) is 2. The van der Waals surface area contributed by atoms with E-state index in [2.05, 4.69) is 4.98 Å². The lowest BCUT2D eigenvalue weighted by Crippen LogP contribution is -2.34. The highest BCUT2D eigenvalue weighted by atomic mass is 32.2. The number of carbonyl (C=O) groups excluding carboxylic acids is 1. The van der Waals surface area contributed by atoms with Crippen LogP contribution in [0.5, 0.6) is 0 Å². The van der Waals surface area contributed by atoms with E-state index in [1.165, 1.54) is 36.0 Å². The predicted octanol–water partition coefficient (Wildman–Crippen LogP) is 5.37. The van der Waals surface area contributed by atoms with Gasteiger partial charge in [-0.1, -0.05) is 30.3 Å². The van der Waals surface area contributed by atoms with Crippen LogP contribution in [0, 0.1) is 11.6 Å². The van der Waals surface area contributed by atoms with Gasteiger partial charge in [-0.25, -0.2) is 8.78 Å². The average molecular weight is 425 g/mol. The molecule has 0 atom stereocenters. The largest absolute Gasteiger partial charge is 0.335 e. The SMILES string of the molecule is O=C(CSC(c1ccc(F)cc1)c1ccc(F)cc1)N(Cc1cccnc1)C1CC1. The number of rotatable bonds is 8. The number of hydrogen-bond donors (Lipinski definition) is 0. The Bertz CT molecular complexity index is 931. The van der Waals surface area contributed by atoms with Gasteiger partial charge in [-0.05, 0) is 59.9 Å². The van der Waals surface area contributed by atoms with E-state index in [1.807, 2.05) is 17.0 Å². The minimum Gasteiger partial charge on any atom is -0.335 e. The van der Waals surface area contributed by atoms with Crippen LogP contribution in [-0.4, -0.2) is 27.6 Å². The van der Waals surface area contributed by atoms with Crippen molar-refractivity contribution in [2.75, 3.05) is 5.75 Å². The lowest BCUT2D eigenvalue weighted by molar-refractivity contribution is -0.129. The minimum absolute atomic E-state index is 0.0700. The van der Waals surface area contributed by atoms with E-state index in [0.717, 1.165) is 29.5 Å². The van der Waals surface area contributed by atoms with Crippen LogP contribution >= 0.6 is 11.8 Å². The fourth-order valence-electron chi connectivity index (χ4n) is 3.39. The first-order valence-corrected chi connectivity index (χ1v) is 11.0. The summed E-state index contributed by atoms with van der Waals surface area (Å²) in [6.07, 6.45) is 5.56. The lowest BCUT2D eigenvalue weighted by Gasteiger charge is -2.24. The third-order valence-corrected chi connectivity index (χ3v) is 6.39. The maximum absolute atomic E-state index is 13.4. The molecule has 0 saturated heterocycles. The summed E-state index contributed by atoms with van der Waals surface area (Å²) in [5.41, 5.74) is 2.77. The normalized spacial score (nSPS) is 13.4. The minimum atomic E-state index is -0.311. The first-order valence-electron chi connectivity index (χ1n) is 9.91. The van der Waals surface area contributed by atoms with Crippen LogP contribution in [0.2, 0.25) is 0 Å². The predicted molar refractivity (Wildman–Crippen MR) is 115 cm³/mol. The first-order chi connectivity index (χ1) is 14.6. The molecule has 4 rings (SSSR count). The highest BCUT2D eigenvalue weighted by Gasteiger charge is 2.33. The van der Waals surface area contributed by atoms with Crippen LogP contribution in [0.3, 0.4) is 0 Å². The highest BCUT2D eigenvalue weighted by Crippen LogP contribution is 2.37. The maximum atomic E-state index is 13.4. The zero-order chi connectivity index (χ0) is 20.9. The summed E-state index contributed by atoms with van der Waals surface area (Å²) in [6, 6.07) is 16.6. The van der Waals surface area contributed by atoms with Crippen LogP contribution in [0.15, 0.2) is 73.1 Å². The molecule has 0 bridgehead atoms. The molecule has 1 saturated carbocycles. The van der Waals surface area contributed by atoms with E-state index in [9.17, 15) is 13.6 Å². The Morgan fingerprint density at radius 2 is 1.60 bits per heavy atom. The Morgan fingerprint density at radius 1 is 1.00 bits per heavy atom. The second-order valence-corrected chi connectivity index (χ2v) is 8.50. The van der Waals surface area contributed by atoms with Crippen molar-refractivity contribution in [1.29, 1.82) is 0 Å². The number of amides is 1. The van der Waals surface area contributed by atoms with E-state index in [1.54, 1.807) is 36.7 Å². The molecule has 154 valence electrons. The summed E-state index contributed by atoms with van der Waals surface area (Å²) in [5.74, 6) is -0.264. The summed E-state index contributed by atoms with van der Waals surface area (Å²) < 4.78 is 26.8. The molecule has 6 heteroatoms. The summed E-state index contributed by atoms with van der Waals surface area (Å²) in [4.78, 5) is 19.1. The van der Waals surface area contributed by atoms with Crippen molar-refractivity contribution in [3.63, 3.8) is 0 Å². The van der Waals surface area contributed by atoms with Gasteiger partial charge in [0.25, 0.3) is 0 Å². The van der Waals surface area contributed by atoms with Gasteiger partial charge in [-0.15, -0.1) is 11.8 Å². The molecular weight excluding hydrogens is 402 g/mol. The van der Waals surface area contributed by atoms with Crippen molar-refractivity contribution in [2.24, 2.45) is 0 Å². The zero-order valence-corrected chi connectivity index (χ0v) is 17.2. The molecule has 1 aromatic heterocycles. The van der Waals surface area contributed by atoms with E-state index in [0.29, 0.717) is 6.54 Å². The van der Waals surface area contributed by atoms with Crippen LogP contribution in [-0.2, 0) is 11.3 Å². The zero-order valence-electron chi connectivity index (χ0n) is 16.4. The molecule has 30 heavy (non-hydrogen) atoms. The number of thioether (sulfide) groups is 1. The van der Waals surface area contributed by atoms with Gasteiger partial charge in [0.05, 0.1) is 11.0 Å². The fourth-order valence-corrected chi connectivity index (χ4v) is 4.57. The van der Waals surface area contributed by atoms with Crippen molar-refractivity contribution in [1.82, 2.24) is 9.88 Å². The fraction of sp³-hybridized carbons (Fsp3) is 0.250. The third-order valence-electron chi connectivity index (χ3n) is 5.10. The summed E-state index contributed by atoms with van der Waals surface area (Å²) in [5, 5.41) is -0.186. The average Bonchev–Trinajstić information content (AvgIpc) is 3.60. The van der Waals surface area contributed by atoms with Gasteiger partial charge in [0.15, 0.2) is 0 Å². The van der Waals surface area contributed by atoms with Crippen molar-refractivity contribution in [3.8, 4) is 0 Å². The third kappa shape index (κ3) is 5.25. The van der Waals surface area contributed by atoms with Gasteiger partial charge in [-0.2, -0.15) is 0 Å². The van der Waals surface area contributed by atoms with Gasteiger partial charge >= 0.3 is 0 Å². The van der Waals surface area contributed by atoms with Gasteiger partial charge in [0.2, 0.25) is 5.91 Å². The molecule has 2 aromatic carbocycles. The molecule has 1 aliphatic carbocycles. The molecule has 0 unspecified atom stereocenters. The van der Waals surface area contributed by atoms with E-state index < -0.39 is 0 Å². The van der Waals surface area contributed by atoms with Crippen molar-refractivity contribution < 1.29 is 13.6 Å². The molecule has 3 aromatic rings. The molecule has 0 aliphatic heterocycles. The smallest absolute Gasteiger partial charge is 0.233 e. The second-order valence-electron chi connectivity index (χ2n) is 7.41. The van der Waals surface area contributed by atoms with E-state index in [4.69, 9.17) is 0 Å². The Labute approximate surface area is 179 Å². The Kier molecular flexibility index (Phi) is 6.43. The van der Waals surface area contributed by atoms with E-state index >= 15 is 0 Å². The standard InChI is InChI=1S/C24H22F2N2OS/c25-20-7-3-18(4-8-20)24(19-5-9-21(26)10-6-19)30-16-23(29)28(22-11-12-22)15-17-2-1-13-27-14-17/h1-10,13-14,22,24H,11-12,15-16H2. The maximum Gasteiger partial charge on any atom is 0.233 e. The summed E-state index contributed by atoms with van der Waals surface area (Å²) >= 11 is 1.48. The van der Waals surface area contributed by atoms with Crippen LogP contribution in [0.4, 0.5) is 8.78 Å². The summed E-state index contributed by atoms with van der Waals surface area (Å²) in [6.45, 7) is 0.551. The van der Waals surface area contributed by atoms with Crippen molar-refractivity contribution >= 4 is 17.7 Å². The van der Waals surface area contributed by atoms with Gasteiger partial charge in [0.1, 0.15) is 11.6 Å². The van der Waals surface area contributed by atoms with Crippen LogP contribution in [0.25, 0.3) is 0 Å². The van der Waals surface area contributed by atoms with Gasteiger partial charge < -0.3 is 4.90 Å². The molecule has 3 nitrogen and oxygen atoms in total. The molecule has 1 heterocycles.